The molecule has 1 rings (SSSR count). The lowest BCUT2D eigenvalue weighted by Gasteiger charge is -1.81. The average Bonchev–Trinajstić information content (AvgIpc) is 2.55. The topological polar surface area (TPSA) is 162 Å². The molecule has 1 heterocycles. The van der Waals surface area contributed by atoms with Gasteiger partial charge in [-0.25, -0.2) is 19.2 Å². The standard InChI is InChI=1S/C12H8O9/c13-9(14)1-5-6(2-10(15)16)8(4-12(19)20)21-7(5)3-11(17)18/h1-4H,(H,13,14)(H,15,16)(H,17,18)(H,19,20). The van der Waals surface area contributed by atoms with Crippen molar-refractivity contribution in [3.63, 3.8) is 0 Å². The molecule has 0 amide bonds. The summed E-state index contributed by atoms with van der Waals surface area (Å²) in [5, 5.41) is 34.1. The normalized spacial score (nSPS) is 14.5. The Bertz CT molecular complexity index is 783. The molecule has 0 unspecified atom stereocenters. The van der Waals surface area contributed by atoms with Crippen LogP contribution in [0.4, 0.5) is 0 Å². The molecular formula is C12H8O9. The van der Waals surface area contributed by atoms with E-state index in [9.17, 15) is 19.2 Å². The van der Waals surface area contributed by atoms with Gasteiger partial charge in [-0.1, -0.05) is 0 Å². The van der Waals surface area contributed by atoms with Crippen LogP contribution in [0.1, 0.15) is 0 Å². The van der Waals surface area contributed by atoms with E-state index < -0.39 is 34.7 Å². The van der Waals surface area contributed by atoms with Crippen molar-refractivity contribution < 1.29 is 44.0 Å². The van der Waals surface area contributed by atoms with Gasteiger partial charge in [0.15, 0.2) is 0 Å². The zero-order chi connectivity index (χ0) is 16.2. The monoisotopic (exact) mass is 296 g/mol. The number of carbonyl (C=O) groups is 4. The largest absolute Gasteiger partial charge is 0.478 e. The highest BCUT2D eigenvalue weighted by molar-refractivity contribution is 6.02. The third-order valence-corrected chi connectivity index (χ3v) is 2.09. The van der Waals surface area contributed by atoms with Crippen LogP contribution in [0.15, 0.2) is 4.42 Å². The molecule has 0 radical (unpaired) electrons. The number of hydrogen-bond donors (Lipinski definition) is 4. The molecular weight excluding hydrogens is 288 g/mol. The van der Waals surface area contributed by atoms with Gasteiger partial charge in [0, 0.05) is 22.6 Å². The summed E-state index contributed by atoms with van der Waals surface area (Å²) in [4.78, 5) is 42.7. The smallest absolute Gasteiger partial charge is 0.332 e. The Kier molecular flexibility index (Phi) is 4.63. The molecule has 0 aromatic carbocycles. The molecule has 0 aliphatic carbocycles. The van der Waals surface area contributed by atoms with Crippen LogP contribution in [0.3, 0.4) is 0 Å². The Morgan fingerprint density at radius 2 is 0.905 bits per heavy atom. The Balaban J connectivity index is 4.12. The predicted molar refractivity (Wildman–Crippen MR) is 65.6 cm³/mol. The van der Waals surface area contributed by atoms with E-state index in [1.54, 1.807) is 0 Å². The van der Waals surface area contributed by atoms with E-state index in [-0.39, 0.29) is 10.4 Å². The summed E-state index contributed by atoms with van der Waals surface area (Å²) in [6.45, 7) is 0. The molecule has 110 valence electrons. The molecule has 9 nitrogen and oxygen atoms in total. The van der Waals surface area contributed by atoms with Crippen LogP contribution < -0.4 is 21.3 Å². The minimum atomic E-state index is -1.49. The quantitative estimate of drug-likeness (QED) is 0.446. The first-order valence-electron chi connectivity index (χ1n) is 5.18. The summed E-state index contributed by atoms with van der Waals surface area (Å²) in [5.41, 5.74) is -0.963. The maximum Gasteiger partial charge on any atom is 0.332 e. The lowest BCUT2D eigenvalue weighted by molar-refractivity contribution is -0.130. The Hall–Kier alpha value is -3.36. The summed E-state index contributed by atoms with van der Waals surface area (Å²) in [5.74, 6) is -5.93. The molecule has 0 spiro atoms. The maximum absolute atomic E-state index is 10.7. The van der Waals surface area contributed by atoms with Gasteiger partial charge >= 0.3 is 23.9 Å². The van der Waals surface area contributed by atoms with Crippen LogP contribution in [0.5, 0.6) is 0 Å². The van der Waals surface area contributed by atoms with Crippen molar-refractivity contribution in [3.8, 4) is 0 Å². The zero-order valence-electron chi connectivity index (χ0n) is 10.1. The molecule has 0 atom stereocenters. The maximum atomic E-state index is 10.7. The van der Waals surface area contributed by atoms with Crippen LogP contribution in [0, 0.1) is 0 Å². The van der Waals surface area contributed by atoms with Crippen LogP contribution >= 0.6 is 0 Å². The van der Waals surface area contributed by atoms with E-state index in [0.29, 0.717) is 24.3 Å². The lowest BCUT2D eigenvalue weighted by atomic mass is 10.2. The number of hydrogen-bond acceptors (Lipinski definition) is 5. The minimum absolute atomic E-state index is 0.361. The molecule has 9 heteroatoms. The van der Waals surface area contributed by atoms with Crippen molar-refractivity contribution in [2.45, 2.75) is 0 Å². The number of rotatable bonds is 4. The van der Waals surface area contributed by atoms with E-state index in [4.69, 9.17) is 24.8 Å². The molecule has 1 aromatic heterocycles. The van der Waals surface area contributed by atoms with Gasteiger partial charge in [0.1, 0.15) is 10.8 Å². The third kappa shape index (κ3) is 4.35. The number of furan rings is 1. The third-order valence-electron chi connectivity index (χ3n) is 2.09. The van der Waals surface area contributed by atoms with Gasteiger partial charge in [0.2, 0.25) is 0 Å². The number of carboxylic acids is 4. The van der Waals surface area contributed by atoms with Gasteiger partial charge in [-0.3, -0.25) is 0 Å². The predicted octanol–water partition coefficient (Wildman–Crippen LogP) is -3.26. The molecule has 0 bridgehead atoms. The van der Waals surface area contributed by atoms with E-state index in [1.165, 1.54) is 0 Å². The van der Waals surface area contributed by atoms with Crippen LogP contribution in [-0.4, -0.2) is 44.3 Å². The second kappa shape index (κ2) is 6.19. The zero-order valence-corrected chi connectivity index (χ0v) is 10.1. The van der Waals surface area contributed by atoms with Crippen LogP contribution in [0.25, 0.3) is 24.3 Å². The number of aliphatic carboxylic acids is 4. The fourth-order valence-corrected chi connectivity index (χ4v) is 1.48. The highest BCUT2D eigenvalue weighted by Gasteiger charge is 2.06. The van der Waals surface area contributed by atoms with Gasteiger partial charge in [0.05, 0.1) is 12.2 Å². The summed E-state index contributed by atoms with van der Waals surface area (Å²) in [6.07, 6.45) is 2.03. The van der Waals surface area contributed by atoms with Crippen molar-refractivity contribution in [2.75, 3.05) is 0 Å². The molecule has 0 aliphatic heterocycles. The van der Waals surface area contributed by atoms with Crippen molar-refractivity contribution in [1.29, 1.82) is 0 Å². The van der Waals surface area contributed by atoms with E-state index in [2.05, 4.69) is 0 Å². The molecule has 0 saturated carbocycles. The van der Waals surface area contributed by atoms with E-state index in [1.807, 2.05) is 0 Å². The van der Waals surface area contributed by atoms with Crippen LogP contribution in [0.2, 0.25) is 0 Å². The fraction of sp³-hybridized carbons (Fsp3) is 0. The Morgan fingerprint density at radius 3 is 1.14 bits per heavy atom. The van der Waals surface area contributed by atoms with Crippen LogP contribution in [-0.2, 0) is 19.2 Å². The summed E-state index contributed by atoms with van der Waals surface area (Å²) in [6, 6.07) is 0. The highest BCUT2D eigenvalue weighted by atomic mass is 16.4. The van der Waals surface area contributed by atoms with E-state index >= 15 is 0 Å². The molecule has 4 N–H and O–H groups in total. The SMILES string of the molecule is O=C(O)C=c1oc(=CC(=O)O)c(=CC(=O)O)c1=CC(=O)O. The second-order valence-electron chi connectivity index (χ2n) is 3.59. The summed E-state index contributed by atoms with van der Waals surface area (Å²) < 4.78 is 4.91. The van der Waals surface area contributed by atoms with E-state index in [0.717, 1.165) is 0 Å². The van der Waals surface area contributed by atoms with Gasteiger partial charge in [-0.05, 0) is 0 Å². The van der Waals surface area contributed by atoms with Gasteiger partial charge in [-0.2, -0.15) is 0 Å². The number of carboxylic acid groups (broad SMARTS) is 4. The lowest BCUT2D eigenvalue weighted by Crippen LogP contribution is -2.39. The first-order chi connectivity index (χ1) is 9.70. The first-order valence-corrected chi connectivity index (χ1v) is 5.18. The Labute approximate surface area is 114 Å². The summed E-state index contributed by atoms with van der Waals surface area (Å²) in [7, 11) is 0. The summed E-state index contributed by atoms with van der Waals surface area (Å²) >= 11 is 0. The molecule has 1 aromatic rings. The van der Waals surface area contributed by atoms with Crippen molar-refractivity contribution >= 4 is 48.2 Å². The Morgan fingerprint density at radius 1 is 0.619 bits per heavy atom. The molecule has 0 fully saturated rings. The first kappa shape index (κ1) is 15.7. The minimum Gasteiger partial charge on any atom is -0.478 e. The molecule has 0 aliphatic rings. The van der Waals surface area contributed by atoms with Crippen molar-refractivity contribution in [1.82, 2.24) is 0 Å². The van der Waals surface area contributed by atoms with Gasteiger partial charge in [0.25, 0.3) is 0 Å². The molecule has 21 heavy (non-hydrogen) atoms. The van der Waals surface area contributed by atoms with Crippen molar-refractivity contribution in [3.05, 3.63) is 21.3 Å². The fourth-order valence-electron chi connectivity index (χ4n) is 1.48. The molecule has 0 saturated heterocycles. The van der Waals surface area contributed by atoms with Crippen molar-refractivity contribution in [2.24, 2.45) is 0 Å². The highest BCUT2D eigenvalue weighted by Crippen LogP contribution is 1.71. The average molecular weight is 296 g/mol. The second-order valence-corrected chi connectivity index (χ2v) is 3.59. The van der Waals surface area contributed by atoms with Gasteiger partial charge < -0.3 is 24.8 Å². The van der Waals surface area contributed by atoms with Gasteiger partial charge in [-0.15, -0.1) is 0 Å².